The highest BCUT2D eigenvalue weighted by molar-refractivity contribution is 5.73. The zero-order valence-electron chi connectivity index (χ0n) is 8.34. The van der Waals surface area contributed by atoms with E-state index in [1.807, 2.05) is 38.1 Å². The molecular formula is C10H13N3O. The monoisotopic (exact) mass is 191 g/mol. The standard InChI is InChI=1S/C10H13N3O/c1-3-14-8(2)13-10-7-5-4-6-9(10)11-12-13/h4-8H,3H2,1-2H3. The van der Waals surface area contributed by atoms with Crippen LogP contribution in [0, 0.1) is 0 Å². The summed E-state index contributed by atoms with van der Waals surface area (Å²) in [5.74, 6) is 0. The number of aromatic nitrogens is 3. The second-order valence-electron chi connectivity index (χ2n) is 3.08. The Balaban J connectivity index is 2.42. The third kappa shape index (κ3) is 1.48. The molecule has 0 spiro atoms. The molecule has 0 fully saturated rings. The first-order valence-corrected chi connectivity index (χ1v) is 4.74. The van der Waals surface area contributed by atoms with Gasteiger partial charge in [-0.2, -0.15) is 0 Å². The van der Waals surface area contributed by atoms with Gasteiger partial charge in [-0.05, 0) is 26.0 Å². The molecule has 0 N–H and O–H groups in total. The van der Waals surface area contributed by atoms with Crippen molar-refractivity contribution in [2.24, 2.45) is 0 Å². The van der Waals surface area contributed by atoms with Gasteiger partial charge >= 0.3 is 0 Å². The minimum absolute atomic E-state index is 0.0626. The van der Waals surface area contributed by atoms with Gasteiger partial charge in [0, 0.05) is 6.61 Å². The van der Waals surface area contributed by atoms with Gasteiger partial charge in [0.1, 0.15) is 11.7 Å². The van der Waals surface area contributed by atoms with Crippen molar-refractivity contribution in [1.82, 2.24) is 15.0 Å². The van der Waals surface area contributed by atoms with Gasteiger partial charge in [-0.3, -0.25) is 0 Å². The molecule has 1 heterocycles. The molecular weight excluding hydrogens is 178 g/mol. The zero-order valence-corrected chi connectivity index (χ0v) is 8.34. The summed E-state index contributed by atoms with van der Waals surface area (Å²) in [6, 6.07) is 7.86. The first-order valence-electron chi connectivity index (χ1n) is 4.74. The molecule has 0 saturated carbocycles. The Bertz CT molecular complexity index is 424. The number of hydrogen-bond donors (Lipinski definition) is 0. The fourth-order valence-corrected chi connectivity index (χ4v) is 1.47. The summed E-state index contributed by atoms with van der Waals surface area (Å²) in [5, 5.41) is 8.11. The Kier molecular flexibility index (Phi) is 2.45. The summed E-state index contributed by atoms with van der Waals surface area (Å²) in [7, 11) is 0. The first kappa shape index (κ1) is 9.15. The molecule has 74 valence electrons. The number of rotatable bonds is 3. The van der Waals surface area contributed by atoms with Gasteiger partial charge in [0.2, 0.25) is 0 Å². The third-order valence-electron chi connectivity index (χ3n) is 2.13. The maximum atomic E-state index is 5.45. The van der Waals surface area contributed by atoms with E-state index in [0.717, 1.165) is 11.0 Å². The average Bonchev–Trinajstić information content (AvgIpc) is 2.61. The Morgan fingerprint density at radius 2 is 2.21 bits per heavy atom. The number of fused-ring (bicyclic) bond motifs is 1. The van der Waals surface area contributed by atoms with Gasteiger partial charge in [0.05, 0.1) is 5.52 Å². The minimum atomic E-state index is -0.0626. The normalized spacial score (nSPS) is 13.3. The van der Waals surface area contributed by atoms with Gasteiger partial charge in [-0.25, -0.2) is 4.68 Å². The molecule has 4 nitrogen and oxygen atoms in total. The van der Waals surface area contributed by atoms with Crippen molar-refractivity contribution in [2.75, 3.05) is 6.61 Å². The number of benzene rings is 1. The van der Waals surface area contributed by atoms with E-state index in [4.69, 9.17) is 4.74 Å². The van der Waals surface area contributed by atoms with E-state index in [0.29, 0.717) is 6.61 Å². The van der Waals surface area contributed by atoms with Crippen molar-refractivity contribution in [3.05, 3.63) is 24.3 Å². The molecule has 14 heavy (non-hydrogen) atoms. The molecule has 1 unspecified atom stereocenters. The summed E-state index contributed by atoms with van der Waals surface area (Å²) in [6.07, 6.45) is -0.0626. The molecule has 0 aliphatic heterocycles. The topological polar surface area (TPSA) is 39.9 Å². The fourth-order valence-electron chi connectivity index (χ4n) is 1.47. The molecule has 1 aromatic carbocycles. The van der Waals surface area contributed by atoms with Gasteiger partial charge in [0.15, 0.2) is 0 Å². The Labute approximate surface area is 82.5 Å². The number of ether oxygens (including phenoxy) is 1. The first-order chi connectivity index (χ1) is 6.83. The highest BCUT2D eigenvalue weighted by Crippen LogP contribution is 2.15. The molecule has 0 bridgehead atoms. The van der Waals surface area contributed by atoms with Crippen LogP contribution in [0.15, 0.2) is 24.3 Å². The predicted molar refractivity (Wildman–Crippen MR) is 53.9 cm³/mol. The summed E-state index contributed by atoms with van der Waals surface area (Å²) in [4.78, 5) is 0. The van der Waals surface area contributed by atoms with E-state index in [2.05, 4.69) is 10.3 Å². The van der Waals surface area contributed by atoms with E-state index in [1.165, 1.54) is 0 Å². The zero-order chi connectivity index (χ0) is 9.97. The van der Waals surface area contributed by atoms with E-state index in [9.17, 15) is 0 Å². The van der Waals surface area contributed by atoms with Gasteiger partial charge in [0.25, 0.3) is 0 Å². The van der Waals surface area contributed by atoms with Crippen LogP contribution in [-0.2, 0) is 4.74 Å². The lowest BCUT2D eigenvalue weighted by Gasteiger charge is -2.11. The minimum Gasteiger partial charge on any atom is -0.357 e. The summed E-state index contributed by atoms with van der Waals surface area (Å²) >= 11 is 0. The number of nitrogens with zero attached hydrogens (tertiary/aromatic N) is 3. The van der Waals surface area contributed by atoms with Crippen molar-refractivity contribution in [1.29, 1.82) is 0 Å². The van der Waals surface area contributed by atoms with Crippen LogP contribution < -0.4 is 0 Å². The lowest BCUT2D eigenvalue weighted by Crippen LogP contribution is -2.10. The van der Waals surface area contributed by atoms with Crippen molar-refractivity contribution in [2.45, 2.75) is 20.1 Å². The molecule has 0 saturated heterocycles. The summed E-state index contributed by atoms with van der Waals surface area (Å²) < 4.78 is 7.25. The van der Waals surface area contributed by atoms with E-state index < -0.39 is 0 Å². The van der Waals surface area contributed by atoms with Crippen LogP contribution in [0.3, 0.4) is 0 Å². The summed E-state index contributed by atoms with van der Waals surface area (Å²) in [6.45, 7) is 4.61. The van der Waals surface area contributed by atoms with E-state index in [-0.39, 0.29) is 6.23 Å². The second-order valence-corrected chi connectivity index (χ2v) is 3.08. The average molecular weight is 191 g/mol. The van der Waals surface area contributed by atoms with Crippen LogP contribution in [-0.4, -0.2) is 21.6 Å². The SMILES string of the molecule is CCOC(C)n1nnc2ccccc21. The Morgan fingerprint density at radius 3 is 3.00 bits per heavy atom. The van der Waals surface area contributed by atoms with E-state index in [1.54, 1.807) is 4.68 Å². The van der Waals surface area contributed by atoms with Crippen molar-refractivity contribution in [3.63, 3.8) is 0 Å². The number of hydrogen-bond acceptors (Lipinski definition) is 3. The van der Waals surface area contributed by atoms with Gasteiger partial charge < -0.3 is 4.74 Å². The predicted octanol–water partition coefficient (Wildman–Crippen LogP) is 1.99. The molecule has 0 radical (unpaired) electrons. The number of para-hydroxylation sites is 1. The van der Waals surface area contributed by atoms with Crippen LogP contribution in [0.1, 0.15) is 20.1 Å². The quantitative estimate of drug-likeness (QED) is 0.744. The van der Waals surface area contributed by atoms with Crippen molar-refractivity contribution < 1.29 is 4.74 Å². The lowest BCUT2D eigenvalue weighted by molar-refractivity contribution is 0.0179. The molecule has 2 rings (SSSR count). The van der Waals surface area contributed by atoms with Crippen molar-refractivity contribution >= 4 is 11.0 Å². The molecule has 4 heteroatoms. The lowest BCUT2D eigenvalue weighted by atomic mass is 10.3. The maximum absolute atomic E-state index is 5.45. The summed E-state index contributed by atoms with van der Waals surface area (Å²) in [5.41, 5.74) is 1.91. The van der Waals surface area contributed by atoms with Crippen LogP contribution in [0.5, 0.6) is 0 Å². The molecule has 1 aromatic heterocycles. The van der Waals surface area contributed by atoms with E-state index >= 15 is 0 Å². The van der Waals surface area contributed by atoms with Gasteiger partial charge in [-0.1, -0.05) is 17.3 Å². The van der Waals surface area contributed by atoms with Gasteiger partial charge in [-0.15, -0.1) is 5.10 Å². The molecule has 1 atom stereocenters. The fraction of sp³-hybridized carbons (Fsp3) is 0.400. The third-order valence-corrected chi connectivity index (χ3v) is 2.13. The smallest absolute Gasteiger partial charge is 0.149 e. The highest BCUT2D eigenvalue weighted by atomic mass is 16.5. The van der Waals surface area contributed by atoms with Crippen molar-refractivity contribution in [3.8, 4) is 0 Å². The molecule has 2 aromatic rings. The van der Waals surface area contributed by atoms with Crippen LogP contribution >= 0.6 is 0 Å². The molecule has 0 amide bonds. The van der Waals surface area contributed by atoms with Crippen LogP contribution in [0.4, 0.5) is 0 Å². The maximum Gasteiger partial charge on any atom is 0.149 e. The van der Waals surface area contributed by atoms with Crippen LogP contribution in [0.2, 0.25) is 0 Å². The second kappa shape index (κ2) is 3.75. The highest BCUT2D eigenvalue weighted by Gasteiger charge is 2.09. The Hall–Kier alpha value is -1.42. The molecule has 0 aliphatic carbocycles. The largest absolute Gasteiger partial charge is 0.357 e. The Morgan fingerprint density at radius 1 is 1.43 bits per heavy atom. The molecule has 0 aliphatic rings. The van der Waals surface area contributed by atoms with Crippen LogP contribution in [0.25, 0.3) is 11.0 Å².